The Bertz CT molecular complexity index is 921. The van der Waals surface area contributed by atoms with Crippen molar-refractivity contribution in [3.63, 3.8) is 0 Å². The highest BCUT2D eigenvalue weighted by molar-refractivity contribution is 8.00. The average Bonchev–Trinajstić information content (AvgIpc) is 2.98. The Balaban J connectivity index is 1.71. The molecular weight excluding hydrogens is 344 g/mol. The van der Waals surface area contributed by atoms with Crippen LogP contribution in [0.15, 0.2) is 53.7 Å². The number of carbonyl (C=O) groups excluding carboxylic acids is 1. The molecule has 26 heavy (non-hydrogen) atoms. The number of hydrogen-bond acceptors (Lipinski definition) is 4. The Morgan fingerprint density at radius 3 is 2.54 bits per heavy atom. The maximum absolute atomic E-state index is 12.6. The second kappa shape index (κ2) is 7.74. The van der Waals surface area contributed by atoms with E-state index in [1.54, 1.807) is 0 Å². The van der Waals surface area contributed by atoms with Crippen molar-refractivity contribution in [2.45, 2.75) is 31.2 Å². The molecule has 0 saturated heterocycles. The largest absolute Gasteiger partial charge is 0.325 e. The van der Waals surface area contributed by atoms with Crippen LogP contribution >= 0.6 is 11.8 Å². The van der Waals surface area contributed by atoms with Crippen LogP contribution in [-0.4, -0.2) is 25.9 Å². The Morgan fingerprint density at radius 2 is 1.85 bits per heavy atom. The van der Waals surface area contributed by atoms with E-state index in [2.05, 4.69) is 21.6 Å². The normalized spacial score (nSPS) is 12.0. The molecule has 1 aromatic heterocycles. The summed E-state index contributed by atoms with van der Waals surface area (Å²) < 4.78 is 1.92. The number of carbonyl (C=O) groups is 1. The minimum Gasteiger partial charge on any atom is -0.325 e. The van der Waals surface area contributed by atoms with E-state index < -0.39 is 0 Å². The van der Waals surface area contributed by atoms with Gasteiger partial charge in [0.25, 0.3) is 0 Å². The summed E-state index contributed by atoms with van der Waals surface area (Å²) in [5.74, 6) is 0.737. The summed E-state index contributed by atoms with van der Waals surface area (Å²) in [5, 5.41) is 11.9. The number of nitrogens with one attached hydrogen (secondary N) is 1. The fourth-order valence-corrected chi connectivity index (χ4v) is 3.47. The van der Waals surface area contributed by atoms with E-state index in [9.17, 15) is 4.79 Å². The number of thioether (sulfide) groups is 1. The molecule has 3 rings (SSSR count). The molecule has 0 saturated carbocycles. The first-order valence-electron chi connectivity index (χ1n) is 8.45. The van der Waals surface area contributed by atoms with Gasteiger partial charge < -0.3 is 9.88 Å². The van der Waals surface area contributed by atoms with Crippen molar-refractivity contribution in [1.29, 1.82) is 0 Å². The van der Waals surface area contributed by atoms with Crippen LogP contribution in [0.2, 0.25) is 0 Å². The number of benzene rings is 2. The first-order chi connectivity index (χ1) is 12.5. The number of aromatic nitrogens is 3. The zero-order valence-corrected chi connectivity index (χ0v) is 16.2. The minimum absolute atomic E-state index is 0.0498. The predicted molar refractivity (Wildman–Crippen MR) is 106 cm³/mol. The standard InChI is InChI=1S/C20H22N4OS/c1-13-10-11-17(14(2)12-13)21-19(25)15(3)26-20-23-22-18(24(20)4)16-8-6-5-7-9-16/h5-12,15H,1-4H3,(H,21,25)/t15-/m1/s1. The molecule has 134 valence electrons. The van der Waals surface area contributed by atoms with Crippen molar-refractivity contribution in [3.05, 3.63) is 59.7 Å². The smallest absolute Gasteiger partial charge is 0.237 e. The van der Waals surface area contributed by atoms with Gasteiger partial charge in [-0.15, -0.1) is 10.2 Å². The third-order valence-electron chi connectivity index (χ3n) is 4.16. The van der Waals surface area contributed by atoms with Gasteiger partial charge in [0.1, 0.15) is 0 Å². The van der Waals surface area contributed by atoms with Gasteiger partial charge in [-0.25, -0.2) is 0 Å². The topological polar surface area (TPSA) is 59.8 Å². The molecule has 5 nitrogen and oxygen atoms in total. The van der Waals surface area contributed by atoms with Crippen molar-refractivity contribution < 1.29 is 4.79 Å². The van der Waals surface area contributed by atoms with Gasteiger partial charge in [-0.2, -0.15) is 0 Å². The zero-order chi connectivity index (χ0) is 18.7. The van der Waals surface area contributed by atoms with E-state index in [4.69, 9.17) is 0 Å². The van der Waals surface area contributed by atoms with Gasteiger partial charge >= 0.3 is 0 Å². The van der Waals surface area contributed by atoms with Crippen LogP contribution in [-0.2, 0) is 11.8 Å². The van der Waals surface area contributed by atoms with E-state index in [1.165, 1.54) is 17.3 Å². The van der Waals surface area contributed by atoms with Gasteiger partial charge in [0.15, 0.2) is 11.0 Å². The quantitative estimate of drug-likeness (QED) is 0.687. The van der Waals surface area contributed by atoms with E-state index in [1.807, 2.05) is 74.9 Å². The van der Waals surface area contributed by atoms with Gasteiger partial charge in [0, 0.05) is 18.3 Å². The number of anilines is 1. The molecule has 0 radical (unpaired) electrons. The second-order valence-corrected chi connectivity index (χ2v) is 7.61. The molecule has 0 fully saturated rings. The molecule has 1 amide bonds. The molecule has 0 aliphatic heterocycles. The SMILES string of the molecule is Cc1ccc(NC(=O)[C@@H](C)Sc2nnc(-c3ccccc3)n2C)c(C)c1. The first-order valence-corrected chi connectivity index (χ1v) is 9.33. The van der Waals surface area contributed by atoms with Crippen molar-refractivity contribution in [3.8, 4) is 11.4 Å². The monoisotopic (exact) mass is 366 g/mol. The lowest BCUT2D eigenvalue weighted by molar-refractivity contribution is -0.115. The van der Waals surface area contributed by atoms with Crippen LogP contribution in [0.25, 0.3) is 11.4 Å². The first kappa shape index (κ1) is 18.2. The van der Waals surface area contributed by atoms with Crippen LogP contribution in [0.5, 0.6) is 0 Å². The number of aryl methyl sites for hydroxylation is 2. The van der Waals surface area contributed by atoms with E-state index >= 15 is 0 Å². The maximum atomic E-state index is 12.6. The van der Waals surface area contributed by atoms with Crippen molar-refractivity contribution in [2.24, 2.45) is 7.05 Å². The number of rotatable bonds is 5. The van der Waals surface area contributed by atoms with E-state index in [0.29, 0.717) is 5.16 Å². The van der Waals surface area contributed by atoms with E-state index in [0.717, 1.165) is 22.6 Å². The fourth-order valence-electron chi connectivity index (χ4n) is 2.66. The predicted octanol–water partition coefficient (Wildman–Crippen LogP) is 4.22. The lowest BCUT2D eigenvalue weighted by atomic mass is 10.1. The summed E-state index contributed by atoms with van der Waals surface area (Å²) in [7, 11) is 1.92. The van der Waals surface area contributed by atoms with Gasteiger partial charge in [-0.3, -0.25) is 4.79 Å². The Hall–Kier alpha value is -2.60. The van der Waals surface area contributed by atoms with Crippen LogP contribution in [0.3, 0.4) is 0 Å². The van der Waals surface area contributed by atoms with Crippen LogP contribution in [0.4, 0.5) is 5.69 Å². The van der Waals surface area contributed by atoms with Gasteiger partial charge in [0.2, 0.25) is 5.91 Å². The number of hydrogen-bond donors (Lipinski definition) is 1. The van der Waals surface area contributed by atoms with Crippen LogP contribution in [0.1, 0.15) is 18.1 Å². The summed E-state index contributed by atoms with van der Waals surface area (Å²) in [4.78, 5) is 12.6. The summed E-state index contributed by atoms with van der Waals surface area (Å²) in [6, 6.07) is 15.9. The lowest BCUT2D eigenvalue weighted by Gasteiger charge is -2.13. The third-order valence-corrected chi connectivity index (χ3v) is 5.29. The number of amides is 1. The molecule has 1 heterocycles. The Morgan fingerprint density at radius 1 is 1.12 bits per heavy atom. The summed E-state index contributed by atoms with van der Waals surface area (Å²) in [5.41, 5.74) is 4.08. The highest BCUT2D eigenvalue weighted by Gasteiger charge is 2.20. The van der Waals surface area contributed by atoms with Crippen molar-refractivity contribution >= 4 is 23.4 Å². The van der Waals surface area contributed by atoms with Crippen molar-refractivity contribution in [2.75, 3.05) is 5.32 Å². The molecule has 0 aliphatic carbocycles. The Labute approximate surface area is 157 Å². The molecule has 0 bridgehead atoms. The highest BCUT2D eigenvalue weighted by Crippen LogP contribution is 2.26. The van der Waals surface area contributed by atoms with Crippen molar-refractivity contribution in [1.82, 2.24) is 14.8 Å². The van der Waals surface area contributed by atoms with Gasteiger partial charge in [-0.1, -0.05) is 59.8 Å². The Kier molecular flexibility index (Phi) is 5.42. The lowest BCUT2D eigenvalue weighted by Crippen LogP contribution is -2.23. The molecule has 2 aromatic carbocycles. The zero-order valence-electron chi connectivity index (χ0n) is 15.4. The summed E-state index contributed by atoms with van der Waals surface area (Å²) in [6.45, 7) is 5.91. The maximum Gasteiger partial charge on any atom is 0.237 e. The summed E-state index contributed by atoms with van der Waals surface area (Å²) >= 11 is 1.40. The fraction of sp³-hybridized carbons (Fsp3) is 0.250. The molecule has 3 aromatic rings. The average molecular weight is 366 g/mol. The molecule has 0 unspecified atom stereocenters. The van der Waals surface area contributed by atoms with Gasteiger partial charge in [-0.05, 0) is 32.4 Å². The third kappa shape index (κ3) is 3.96. The van der Waals surface area contributed by atoms with E-state index in [-0.39, 0.29) is 11.2 Å². The second-order valence-electron chi connectivity index (χ2n) is 6.30. The molecule has 0 aliphatic rings. The molecule has 1 atom stereocenters. The number of nitrogens with zero attached hydrogens (tertiary/aromatic N) is 3. The minimum atomic E-state index is -0.290. The van der Waals surface area contributed by atoms with Gasteiger partial charge in [0.05, 0.1) is 5.25 Å². The van der Waals surface area contributed by atoms with Crippen LogP contribution in [0, 0.1) is 13.8 Å². The molecule has 1 N–H and O–H groups in total. The summed E-state index contributed by atoms with van der Waals surface area (Å²) in [6.07, 6.45) is 0. The molecule has 6 heteroatoms. The molecule has 0 spiro atoms. The highest BCUT2D eigenvalue weighted by atomic mass is 32.2. The molecular formula is C20H22N4OS. The van der Waals surface area contributed by atoms with Crippen LogP contribution < -0.4 is 5.32 Å².